The summed E-state index contributed by atoms with van der Waals surface area (Å²) in [7, 11) is 1.65. The van der Waals surface area contributed by atoms with Crippen LogP contribution in [0.1, 0.15) is 28.4 Å². The van der Waals surface area contributed by atoms with Crippen LogP contribution in [0.3, 0.4) is 0 Å². The molecule has 0 aliphatic rings. The van der Waals surface area contributed by atoms with Gasteiger partial charge in [-0.15, -0.1) is 0 Å². The molecular weight excluding hydrogens is 376 g/mol. The number of nitrogens with zero attached hydrogens (tertiary/aromatic N) is 3. The highest BCUT2D eigenvalue weighted by Crippen LogP contribution is 2.30. The average molecular weight is 400 g/mol. The lowest BCUT2D eigenvalue weighted by molar-refractivity contribution is -0.109. The maximum Gasteiger partial charge on any atom is 0.207 e. The second kappa shape index (κ2) is 8.37. The van der Waals surface area contributed by atoms with Gasteiger partial charge in [0.15, 0.2) is 0 Å². The van der Waals surface area contributed by atoms with Gasteiger partial charge in [0.25, 0.3) is 0 Å². The third kappa shape index (κ3) is 3.89. The van der Waals surface area contributed by atoms with Gasteiger partial charge < -0.3 is 10.1 Å². The van der Waals surface area contributed by atoms with Crippen molar-refractivity contribution in [1.82, 2.24) is 19.9 Å². The van der Waals surface area contributed by atoms with Crippen LogP contribution in [0.15, 0.2) is 60.9 Å². The number of methoxy groups -OCH3 is 1. The molecule has 0 saturated carbocycles. The van der Waals surface area contributed by atoms with Gasteiger partial charge in [0, 0.05) is 36.6 Å². The molecule has 3 heterocycles. The lowest BCUT2D eigenvalue weighted by Crippen LogP contribution is -2.21. The van der Waals surface area contributed by atoms with Gasteiger partial charge in [0.2, 0.25) is 6.41 Å². The minimum Gasteiger partial charge on any atom is -0.497 e. The summed E-state index contributed by atoms with van der Waals surface area (Å²) >= 11 is 0. The highest BCUT2D eigenvalue weighted by Gasteiger charge is 2.19. The second-order valence-corrected chi connectivity index (χ2v) is 7.34. The molecule has 0 bridgehead atoms. The number of aromatic nitrogens is 3. The molecule has 1 aromatic carbocycles. The monoisotopic (exact) mass is 400 g/mol. The van der Waals surface area contributed by atoms with Crippen LogP contribution in [-0.2, 0) is 4.79 Å². The van der Waals surface area contributed by atoms with Gasteiger partial charge in [-0.2, -0.15) is 5.10 Å². The number of hydrogen-bond donors (Lipinski definition) is 1. The van der Waals surface area contributed by atoms with E-state index in [9.17, 15) is 4.79 Å². The van der Waals surface area contributed by atoms with Crippen LogP contribution in [0.25, 0.3) is 16.6 Å². The summed E-state index contributed by atoms with van der Waals surface area (Å²) in [6.07, 6.45) is 4.44. The van der Waals surface area contributed by atoms with Crippen molar-refractivity contribution in [2.75, 3.05) is 13.7 Å². The van der Waals surface area contributed by atoms with Crippen LogP contribution < -0.4 is 10.1 Å². The molecule has 4 rings (SSSR count). The van der Waals surface area contributed by atoms with Crippen molar-refractivity contribution < 1.29 is 9.53 Å². The van der Waals surface area contributed by atoms with E-state index in [2.05, 4.69) is 41.5 Å². The minimum atomic E-state index is -0.0620. The first-order valence-corrected chi connectivity index (χ1v) is 9.83. The molecule has 3 aromatic heterocycles. The second-order valence-electron chi connectivity index (χ2n) is 7.34. The van der Waals surface area contributed by atoms with E-state index in [1.165, 1.54) is 11.1 Å². The van der Waals surface area contributed by atoms with Crippen LogP contribution in [0.2, 0.25) is 0 Å². The third-order valence-corrected chi connectivity index (χ3v) is 5.31. The summed E-state index contributed by atoms with van der Waals surface area (Å²) < 4.78 is 7.14. The molecule has 30 heavy (non-hydrogen) atoms. The van der Waals surface area contributed by atoms with E-state index in [-0.39, 0.29) is 5.92 Å². The molecule has 0 radical (unpaired) electrons. The first-order chi connectivity index (χ1) is 14.6. The Kier molecular flexibility index (Phi) is 5.48. The van der Waals surface area contributed by atoms with E-state index in [4.69, 9.17) is 9.84 Å². The van der Waals surface area contributed by atoms with Crippen LogP contribution in [0.5, 0.6) is 5.75 Å². The first-order valence-electron chi connectivity index (χ1n) is 9.83. The number of benzene rings is 1. The van der Waals surface area contributed by atoms with Gasteiger partial charge in [-0.25, -0.2) is 4.52 Å². The zero-order valence-corrected chi connectivity index (χ0v) is 17.3. The zero-order valence-electron chi connectivity index (χ0n) is 17.3. The van der Waals surface area contributed by atoms with Crippen LogP contribution in [0.4, 0.5) is 0 Å². The van der Waals surface area contributed by atoms with Crippen LogP contribution in [0, 0.1) is 13.8 Å². The van der Waals surface area contributed by atoms with E-state index < -0.39 is 0 Å². The van der Waals surface area contributed by atoms with Crippen molar-refractivity contribution in [2.24, 2.45) is 0 Å². The summed E-state index contributed by atoms with van der Waals surface area (Å²) in [5, 5.41) is 7.56. The Labute approximate surface area is 175 Å². The molecule has 0 aliphatic carbocycles. The maximum absolute atomic E-state index is 11.0. The number of ether oxygens (including phenoxy) is 1. The third-order valence-electron chi connectivity index (χ3n) is 5.31. The SMILES string of the molecule is COc1ccn2nc(C(CNC=O)c3ccc(-c4ccnc(C)c4)c(C)c3)cc2c1. The molecule has 4 aromatic rings. The molecule has 6 heteroatoms. The number of amides is 1. The van der Waals surface area contributed by atoms with E-state index >= 15 is 0 Å². The quantitative estimate of drug-likeness (QED) is 0.478. The van der Waals surface area contributed by atoms with Gasteiger partial charge >= 0.3 is 0 Å². The molecule has 0 spiro atoms. The number of hydrogen-bond acceptors (Lipinski definition) is 4. The molecular formula is C24H24N4O2. The molecule has 0 fully saturated rings. The number of carbonyl (C=O) groups excluding carboxylic acids is 1. The largest absolute Gasteiger partial charge is 0.497 e. The van der Waals surface area contributed by atoms with E-state index in [0.29, 0.717) is 6.54 Å². The van der Waals surface area contributed by atoms with Crippen molar-refractivity contribution in [3.8, 4) is 16.9 Å². The summed E-state index contributed by atoms with van der Waals surface area (Å²) in [6, 6.07) is 16.4. The number of nitrogens with one attached hydrogen (secondary N) is 1. The van der Waals surface area contributed by atoms with E-state index in [0.717, 1.165) is 40.2 Å². The summed E-state index contributed by atoms with van der Waals surface area (Å²) in [4.78, 5) is 15.3. The van der Waals surface area contributed by atoms with Gasteiger partial charge in [0.1, 0.15) is 5.75 Å². The van der Waals surface area contributed by atoms with Crippen molar-refractivity contribution in [3.63, 3.8) is 0 Å². The van der Waals surface area contributed by atoms with Gasteiger partial charge in [-0.05, 0) is 60.4 Å². The molecule has 6 nitrogen and oxygen atoms in total. The Morgan fingerprint density at radius 1 is 1.13 bits per heavy atom. The molecule has 0 saturated heterocycles. The van der Waals surface area contributed by atoms with Gasteiger partial charge in [-0.3, -0.25) is 9.78 Å². The van der Waals surface area contributed by atoms with Crippen molar-refractivity contribution >= 4 is 11.9 Å². The highest BCUT2D eigenvalue weighted by molar-refractivity contribution is 5.68. The van der Waals surface area contributed by atoms with E-state index in [1.54, 1.807) is 7.11 Å². The summed E-state index contributed by atoms with van der Waals surface area (Å²) in [5.74, 6) is 0.720. The molecule has 0 aliphatic heterocycles. The molecule has 1 atom stereocenters. The van der Waals surface area contributed by atoms with Crippen molar-refractivity contribution in [2.45, 2.75) is 19.8 Å². The van der Waals surface area contributed by atoms with Crippen molar-refractivity contribution in [1.29, 1.82) is 0 Å². The fourth-order valence-corrected chi connectivity index (χ4v) is 3.79. The Hall–Kier alpha value is -3.67. The fraction of sp³-hybridized carbons (Fsp3) is 0.208. The molecule has 152 valence electrons. The normalized spacial score (nSPS) is 12.0. The smallest absolute Gasteiger partial charge is 0.207 e. The lowest BCUT2D eigenvalue weighted by atomic mass is 9.91. The Balaban J connectivity index is 1.73. The standard InChI is InChI=1S/C24H24N4O2/c1-16-10-18(4-5-22(16)19-6-8-26-17(2)11-19)23(14-25-15-29)24-13-20-12-21(30-3)7-9-28(20)27-24/h4-13,15,23H,14H2,1-3H3,(H,25,29). The Morgan fingerprint density at radius 3 is 2.73 bits per heavy atom. The molecule has 1 unspecified atom stereocenters. The summed E-state index contributed by atoms with van der Waals surface area (Å²) in [6.45, 7) is 4.57. The average Bonchev–Trinajstić information content (AvgIpc) is 3.17. The molecule has 1 amide bonds. The number of aryl methyl sites for hydroxylation is 2. The Morgan fingerprint density at radius 2 is 2.00 bits per heavy atom. The Bertz CT molecular complexity index is 1200. The maximum atomic E-state index is 11.0. The number of rotatable bonds is 7. The topological polar surface area (TPSA) is 68.5 Å². The number of carbonyl (C=O) groups is 1. The molecule has 1 N–H and O–H groups in total. The summed E-state index contributed by atoms with van der Waals surface area (Å²) in [5.41, 5.74) is 7.42. The minimum absolute atomic E-state index is 0.0620. The predicted octanol–water partition coefficient (Wildman–Crippen LogP) is 3.90. The van der Waals surface area contributed by atoms with Gasteiger partial charge in [-0.1, -0.05) is 18.2 Å². The van der Waals surface area contributed by atoms with E-state index in [1.807, 2.05) is 48.1 Å². The van der Waals surface area contributed by atoms with Crippen LogP contribution >= 0.6 is 0 Å². The first kappa shape index (κ1) is 19.6. The lowest BCUT2D eigenvalue weighted by Gasteiger charge is -2.17. The van der Waals surface area contributed by atoms with Crippen molar-refractivity contribution in [3.05, 3.63) is 83.4 Å². The fourth-order valence-electron chi connectivity index (χ4n) is 3.79. The number of fused-ring (bicyclic) bond motifs is 1. The zero-order chi connectivity index (χ0) is 21.1. The van der Waals surface area contributed by atoms with Crippen LogP contribution in [-0.4, -0.2) is 34.7 Å². The number of pyridine rings is 2. The van der Waals surface area contributed by atoms with Gasteiger partial charge in [0.05, 0.1) is 18.3 Å². The predicted molar refractivity (Wildman–Crippen MR) is 117 cm³/mol. The highest BCUT2D eigenvalue weighted by atomic mass is 16.5.